The highest BCUT2D eigenvalue weighted by Gasteiger charge is 2.32. The molecule has 4 nitrogen and oxygen atoms in total. The summed E-state index contributed by atoms with van der Waals surface area (Å²) >= 11 is 5.95. The molecule has 1 aliphatic heterocycles. The van der Waals surface area contributed by atoms with E-state index >= 15 is 0 Å². The molecule has 1 atom stereocenters. The van der Waals surface area contributed by atoms with Crippen molar-refractivity contribution < 1.29 is 18.3 Å². The number of rotatable bonds is 3. The van der Waals surface area contributed by atoms with Gasteiger partial charge < -0.3 is 10.0 Å². The van der Waals surface area contributed by atoms with Crippen LogP contribution in [0.15, 0.2) is 24.3 Å². The first-order valence-corrected chi connectivity index (χ1v) is 8.73. The zero-order chi connectivity index (χ0) is 18.9. The minimum atomic E-state index is -4.58. The van der Waals surface area contributed by atoms with E-state index in [0.29, 0.717) is 12.0 Å². The maximum atomic E-state index is 12.8. The number of alkyl halides is 3. The van der Waals surface area contributed by atoms with Crippen LogP contribution in [0.2, 0.25) is 5.02 Å². The van der Waals surface area contributed by atoms with Gasteiger partial charge in [-0.3, -0.25) is 0 Å². The molecule has 2 heterocycles. The van der Waals surface area contributed by atoms with Crippen LogP contribution in [-0.2, 0) is 12.6 Å². The van der Waals surface area contributed by atoms with Gasteiger partial charge in [-0.2, -0.15) is 23.4 Å². The summed E-state index contributed by atoms with van der Waals surface area (Å²) in [7, 11) is 2.09. The Bertz CT molecular complexity index is 757. The number of phenolic OH excluding ortho intramolecular Hbond substituents is 1. The Morgan fingerprint density at radius 3 is 2.62 bits per heavy atom. The Balaban J connectivity index is 1.80. The monoisotopic (exact) mass is 385 g/mol. The molecule has 0 spiro atoms. The van der Waals surface area contributed by atoms with Gasteiger partial charge in [0.25, 0.3) is 0 Å². The van der Waals surface area contributed by atoms with Gasteiger partial charge in [0.05, 0.1) is 27.5 Å². The fourth-order valence-corrected chi connectivity index (χ4v) is 3.66. The highest BCUT2D eigenvalue weighted by molar-refractivity contribution is 6.33. The van der Waals surface area contributed by atoms with Crippen molar-refractivity contribution in [2.75, 3.05) is 20.1 Å². The van der Waals surface area contributed by atoms with E-state index in [-0.39, 0.29) is 16.3 Å². The van der Waals surface area contributed by atoms with Gasteiger partial charge in [-0.05, 0) is 63.0 Å². The molecule has 2 aromatic rings. The van der Waals surface area contributed by atoms with Gasteiger partial charge in [0, 0.05) is 6.54 Å². The third kappa shape index (κ3) is 4.27. The average molecular weight is 386 g/mol. The van der Waals surface area contributed by atoms with Gasteiger partial charge in [-0.25, -0.2) is 0 Å². The maximum Gasteiger partial charge on any atom is 0.416 e. The maximum absolute atomic E-state index is 12.8. The Morgan fingerprint density at radius 2 is 2.04 bits per heavy atom. The first kappa shape index (κ1) is 18.9. The predicted octanol–water partition coefficient (Wildman–Crippen LogP) is 4.41. The zero-order valence-corrected chi connectivity index (χ0v) is 15.0. The number of piperidine rings is 1. The lowest BCUT2D eigenvalue weighted by Crippen LogP contribution is -2.33. The van der Waals surface area contributed by atoms with Crippen molar-refractivity contribution >= 4 is 11.6 Å². The van der Waals surface area contributed by atoms with Gasteiger partial charge in [0.2, 0.25) is 0 Å². The highest BCUT2D eigenvalue weighted by atomic mass is 35.5. The van der Waals surface area contributed by atoms with Crippen LogP contribution in [-0.4, -0.2) is 40.3 Å². The van der Waals surface area contributed by atoms with Crippen LogP contribution in [0.4, 0.5) is 13.2 Å². The molecule has 3 rings (SSSR count). The molecule has 1 fully saturated rings. The Morgan fingerprint density at radius 1 is 1.27 bits per heavy atom. The summed E-state index contributed by atoms with van der Waals surface area (Å²) in [6.07, 6.45) is -1.49. The lowest BCUT2D eigenvalue weighted by atomic mass is 9.93. The largest absolute Gasteiger partial charge is 0.507 e. The van der Waals surface area contributed by atoms with Crippen LogP contribution in [0.3, 0.4) is 0 Å². The molecule has 0 amide bonds. The first-order chi connectivity index (χ1) is 12.2. The second-order valence-corrected chi connectivity index (χ2v) is 7.14. The van der Waals surface area contributed by atoms with Crippen molar-refractivity contribution in [2.45, 2.75) is 25.4 Å². The fraction of sp³-hybridized carbons (Fsp3) is 0.444. The minimum Gasteiger partial charge on any atom is -0.507 e. The molecule has 8 heteroatoms. The quantitative estimate of drug-likeness (QED) is 0.850. The SMILES string of the molecule is CN1CCC[C@H](Cc2ccc(-c3c(O)cc(C(F)(F)F)cc3Cl)nn2)C1. The van der Waals surface area contributed by atoms with Crippen LogP contribution in [0.1, 0.15) is 24.1 Å². The van der Waals surface area contributed by atoms with Gasteiger partial charge in [0.1, 0.15) is 5.75 Å². The van der Waals surface area contributed by atoms with E-state index in [2.05, 4.69) is 22.1 Å². The molecule has 1 aliphatic rings. The topological polar surface area (TPSA) is 49.2 Å². The van der Waals surface area contributed by atoms with Crippen molar-refractivity contribution in [3.05, 3.63) is 40.5 Å². The van der Waals surface area contributed by atoms with E-state index in [4.69, 9.17) is 11.6 Å². The van der Waals surface area contributed by atoms with Gasteiger partial charge >= 0.3 is 6.18 Å². The third-order valence-corrected chi connectivity index (χ3v) is 4.89. The summed E-state index contributed by atoms with van der Waals surface area (Å²) in [6, 6.07) is 4.84. The average Bonchev–Trinajstić information content (AvgIpc) is 2.55. The summed E-state index contributed by atoms with van der Waals surface area (Å²) < 4.78 is 38.4. The predicted molar refractivity (Wildman–Crippen MR) is 93.1 cm³/mol. The van der Waals surface area contributed by atoms with Crippen molar-refractivity contribution in [1.82, 2.24) is 15.1 Å². The highest BCUT2D eigenvalue weighted by Crippen LogP contribution is 2.40. The number of hydrogen-bond acceptors (Lipinski definition) is 4. The summed E-state index contributed by atoms with van der Waals surface area (Å²) in [5, 5.41) is 18.0. The molecule has 0 bridgehead atoms. The first-order valence-electron chi connectivity index (χ1n) is 8.35. The molecule has 0 saturated carbocycles. The number of phenols is 1. The van der Waals surface area contributed by atoms with E-state index in [1.54, 1.807) is 12.1 Å². The van der Waals surface area contributed by atoms with Gasteiger partial charge in [-0.15, -0.1) is 0 Å². The number of likely N-dealkylation sites (tertiary alicyclic amines) is 1. The van der Waals surface area contributed by atoms with Crippen LogP contribution >= 0.6 is 11.6 Å². The summed E-state index contributed by atoms with van der Waals surface area (Å²) in [5.74, 6) is -0.0576. The molecule has 26 heavy (non-hydrogen) atoms. The molecule has 1 aromatic heterocycles. The summed E-state index contributed by atoms with van der Waals surface area (Å²) in [5.41, 5.74) is 0.105. The van der Waals surface area contributed by atoms with Crippen molar-refractivity contribution in [3.8, 4) is 17.0 Å². The third-order valence-electron chi connectivity index (χ3n) is 4.59. The number of benzene rings is 1. The Hall–Kier alpha value is -1.86. The molecule has 1 N–H and O–H groups in total. The number of aromatic hydroxyl groups is 1. The lowest BCUT2D eigenvalue weighted by Gasteiger charge is -2.29. The standard InChI is InChI=1S/C18H19ClF3N3O/c1-25-6-2-3-11(10-25)7-13-4-5-15(24-23-13)17-14(19)8-12(9-16(17)26)18(20,21)22/h4-5,8-9,11,26H,2-3,6-7,10H2,1H3/t11-/m1/s1. The lowest BCUT2D eigenvalue weighted by molar-refractivity contribution is -0.137. The Kier molecular flexibility index (Phi) is 5.39. The van der Waals surface area contributed by atoms with Gasteiger partial charge in [0.15, 0.2) is 0 Å². The molecule has 0 unspecified atom stereocenters. The van der Waals surface area contributed by atoms with E-state index in [1.165, 1.54) is 0 Å². The van der Waals surface area contributed by atoms with Gasteiger partial charge in [-0.1, -0.05) is 11.6 Å². The second kappa shape index (κ2) is 7.40. The van der Waals surface area contributed by atoms with E-state index in [9.17, 15) is 18.3 Å². The summed E-state index contributed by atoms with van der Waals surface area (Å²) in [6.45, 7) is 2.11. The van der Waals surface area contributed by atoms with Crippen LogP contribution in [0.25, 0.3) is 11.3 Å². The zero-order valence-electron chi connectivity index (χ0n) is 14.2. The van der Waals surface area contributed by atoms with Crippen molar-refractivity contribution in [1.29, 1.82) is 0 Å². The van der Waals surface area contributed by atoms with E-state index in [1.807, 2.05) is 0 Å². The number of nitrogens with zero attached hydrogens (tertiary/aromatic N) is 3. The van der Waals surface area contributed by atoms with E-state index in [0.717, 1.165) is 44.1 Å². The normalized spacial score (nSPS) is 18.9. The molecule has 0 aliphatic carbocycles. The fourth-order valence-electron chi connectivity index (χ4n) is 3.35. The number of hydrogen-bond donors (Lipinski definition) is 1. The molecular formula is C18H19ClF3N3O. The van der Waals surface area contributed by atoms with Crippen molar-refractivity contribution in [3.63, 3.8) is 0 Å². The molecule has 0 radical (unpaired) electrons. The number of halogens is 4. The molecule has 1 aromatic carbocycles. The van der Waals surface area contributed by atoms with E-state index < -0.39 is 17.5 Å². The number of aromatic nitrogens is 2. The molecule has 1 saturated heterocycles. The molecular weight excluding hydrogens is 367 g/mol. The second-order valence-electron chi connectivity index (χ2n) is 6.73. The Labute approximate surface area is 154 Å². The van der Waals surface area contributed by atoms with Crippen LogP contribution < -0.4 is 0 Å². The smallest absolute Gasteiger partial charge is 0.416 e. The van der Waals surface area contributed by atoms with Crippen molar-refractivity contribution in [2.24, 2.45) is 5.92 Å². The van der Waals surface area contributed by atoms with Crippen LogP contribution in [0.5, 0.6) is 5.75 Å². The minimum absolute atomic E-state index is 0.0520. The summed E-state index contributed by atoms with van der Waals surface area (Å²) in [4.78, 5) is 2.29. The van der Waals surface area contributed by atoms with Crippen LogP contribution in [0, 0.1) is 5.92 Å². The molecule has 140 valence electrons.